The van der Waals surface area contributed by atoms with Crippen LogP contribution in [0.5, 0.6) is 0 Å². The minimum absolute atomic E-state index is 0.0191. The lowest BCUT2D eigenvalue weighted by atomic mass is 9.93. The lowest BCUT2D eigenvalue weighted by Gasteiger charge is -2.14. The van der Waals surface area contributed by atoms with Crippen LogP contribution < -0.4 is 0 Å². The summed E-state index contributed by atoms with van der Waals surface area (Å²) in [6, 6.07) is 9.01. The summed E-state index contributed by atoms with van der Waals surface area (Å²) in [6.45, 7) is 2.36. The summed E-state index contributed by atoms with van der Waals surface area (Å²) in [5, 5.41) is 0. The molecular formula is C15H13F3INO. The Labute approximate surface area is 135 Å². The van der Waals surface area contributed by atoms with Crippen LogP contribution in [-0.4, -0.2) is 4.98 Å². The van der Waals surface area contributed by atoms with Crippen molar-refractivity contribution in [3.8, 4) is 0 Å². The van der Waals surface area contributed by atoms with Gasteiger partial charge in [-0.3, -0.25) is 4.98 Å². The van der Waals surface area contributed by atoms with Gasteiger partial charge in [0.25, 0.3) is 0 Å². The zero-order valence-corrected chi connectivity index (χ0v) is 13.4. The van der Waals surface area contributed by atoms with E-state index in [2.05, 4.69) is 4.98 Å². The molecule has 0 aliphatic carbocycles. The molecule has 2 nitrogen and oxygen atoms in total. The van der Waals surface area contributed by atoms with Gasteiger partial charge in [0, 0.05) is 12.1 Å². The van der Waals surface area contributed by atoms with Gasteiger partial charge < -0.3 is 3.07 Å². The van der Waals surface area contributed by atoms with Crippen LogP contribution in [0.25, 0.3) is 0 Å². The fourth-order valence-corrected chi connectivity index (χ4v) is 2.31. The van der Waals surface area contributed by atoms with E-state index in [1.165, 1.54) is 12.1 Å². The number of pyridine rings is 1. The molecule has 21 heavy (non-hydrogen) atoms. The van der Waals surface area contributed by atoms with Gasteiger partial charge in [-0.05, 0) is 29.3 Å². The first-order chi connectivity index (χ1) is 9.91. The molecule has 6 heteroatoms. The van der Waals surface area contributed by atoms with E-state index in [-0.39, 0.29) is 5.92 Å². The molecule has 0 N–H and O–H groups in total. The normalized spacial score (nSPS) is 13.2. The molecule has 2 aromatic rings. The highest BCUT2D eigenvalue weighted by Crippen LogP contribution is 2.31. The number of alkyl halides is 3. The molecule has 0 radical (unpaired) electrons. The number of hydrogen-bond acceptors (Lipinski definition) is 2. The van der Waals surface area contributed by atoms with Crippen LogP contribution in [0.1, 0.15) is 35.2 Å². The lowest BCUT2D eigenvalue weighted by molar-refractivity contribution is -0.137. The fourth-order valence-electron chi connectivity index (χ4n) is 1.99. The molecule has 1 heterocycles. The van der Waals surface area contributed by atoms with Crippen molar-refractivity contribution < 1.29 is 16.2 Å². The van der Waals surface area contributed by atoms with Crippen molar-refractivity contribution in [1.82, 2.24) is 4.98 Å². The van der Waals surface area contributed by atoms with Crippen LogP contribution in [0.3, 0.4) is 0 Å². The Morgan fingerprint density at radius 2 is 1.71 bits per heavy atom. The van der Waals surface area contributed by atoms with Gasteiger partial charge in [-0.25, -0.2) is 0 Å². The highest BCUT2D eigenvalue weighted by Gasteiger charge is 2.30. The molecule has 1 aromatic heterocycles. The minimum Gasteiger partial charge on any atom is -0.309 e. The molecule has 0 aliphatic heterocycles. The maximum Gasteiger partial charge on any atom is 0.416 e. The highest BCUT2D eigenvalue weighted by molar-refractivity contribution is 14.1. The van der Waals surface area contributed by atoms with E-state index in [4.69, 9.17) is 3.07 Å². The zero-order chi connectivity index (χ0) is 15.5. The van der Waals surface area contributed by atoms with Crippen LogP contribution in [0.15, 0.2) is 42.6 Å². The molecule has 0 aliphatic rings. The van der Waals surface area contributed by atoms with Gasteiger partial charge in [-0.1, -0.05) is 25.1 Å². The number of nitrogens with zero attached hydrogens (tertiary/aromatic N) is 1. The summed E-state index contributed by atoms with van der Waals surface area (Å²) in [7, 11) is 0. The van der Waals surface area contributed by atoms with Crippen LogP contribution >= 0.6 is 23.0 Å². The van der Waals surface area contributed by atoms with E-state index in [9.17, 15) is 13.2 Å². The van der Waals surface area contributed by atoms with E-state index in [0.717, 1.165) is 29.0 Å². The quantitative estimate of drug-likeness (QED) is 0.657. The van der Waals surface area contributed by atoms with E-state index in [1.54, 1.807) is 29.2 Å². The van der Waals surface area contributed by atoms with Crippen molar-refractivity contribution in [3.63, 3.8) is 0 Å². The molecule has 0 bridgehead atoms. The maximum absolute atomic E-state index is 12.5. The fraction of sp³-hybridized carbons (Fsp3) is 0.267. The summed E-state index contributed by atoms with van der Waals surface area (Å²) < 4.78 is 42.6. The average Bonchev–Trinajstić information content (AvgIpc) is 2.47. The Morgan fingerprint density at radius 1 is 1.10 bits per heavy atom. The van der Waals surface area contributed by atoms with Gasteiger partial charge in [0.15, 0.2) is 0 Å². The second-order valence-corrected chi connectivity index (χ2v) is 5.30. The molecule has 2 rings (SSSR count). The van der Waals surface area contributed by atoms with E-state index in [1.807, 2.05) is 19.1 Å². The number of halogens is 4. The molecule has 0 spiro atoms. The molecule has 1 atom stereocenters. The van der Waals surface area contributed by atoms with Crippen LogP contribution in [0, 0.1) is 0 Å². The Bertz CT molecular complexity index is 581. The predicted octanol–water partition coefficient (Wildman–Crippen LogP) is 5.12. The number of aromatic nitrogens is 1. The Kier molecular flexibility index (Phi) is 5.21. The summed E-state index contributed by atoms with van der Waals surface area (Å²) in [5.41, 5.74) is 1.95. The van der Waals surface area contributed by atoms with Crippen molar-refractivity contribution in [1.29, 1.82) is 0 Å². The third-order valence-electron chi connectivity index (χ3n) is 3.29. The van der Waals surface area contributed by atoms with E-state index < -0.39 is 11.7 Å². The summed E-state index contributed by atoms with van der Waals surface area (Å²) in [4.78, 5) is 4.26. The zero-order valence-electron chi connectivity index (χ0n) is 11.2. The Morgan fingerprint density at radius 3 is 2.19 bits per heavy atom. The largest absolute Gasteiger partial charge is 0.416 e. The Balaban J connectivity index is 2.17. The summed E-state index contributed by atoms with van der Waals surface area (Å²) in [6.07, 6.45) is -2.57. The maximum atomic E-state index is 12.5. The SMILES string of the molecule is CC(c1ccc(C(F)(F)F)cc1)c1ccc(COI)nc1. The smallest absolute Gasteiger partial charge is 0.309 e. The molecule has 1 aromatic carbocycles. The topological polar surface area (TPSA) is 22.1 Å². The minimum atomic E-state index is -4.30. The van der Waals surface area contributed by atoms with Crippen molar-refractivity contribution in [2.45, 2.75) is 25.6 Å². The molecule has 0 amide bonds. The Hall–Kier alpha value is -1.15. The van der Waals surface area contributed by atoms with Crippen molar-refractivity contribution in [2.24, 2.45) is 0 Å². The summed E-state index contributed by atoms with van der Waals surface area (Å²) >= 11 is 1.80. The van der Waals surface area contributed by atoms with Gasteiger partial charge >= 0.3 is 6.18 Å². The van der Waals surface area contributed by atoms with Crippen molar-refractivity contribution in [2.75, 3.05) is 0 Å². The first-order valence-electron chi connectivity index (χ1n) is 6.27. The molecule has 0 fully saturated rings. The molecule has 0 saturated carbocycles. The lowest BCUT2D eigenvalue weighted by Crippen LogP contribution is -2.05. The van der Waals surface area contributed by atoms with Crippen LogP contribution in [-0.2, 0) is 15.8 Å². The third kappa shape index (κ3) is 4.16. The van der Waals surface area contributed by atoms with Crippen molar-refractivity contribution >= 4 is 23.0 Å². The van der Waals surface area contributed by atoms with Gasteiger partial charge in [0.2, 0.25) is 0 Å². The first kappa shape index (κ1) is 16.2. The van der Waals surface area contributed by atoms with Crippen LogP contribution in [0.2, 0.25) is 0 Å². The third-order valence-corrected chi connectivity index (χ3v) is 3.60. The first-order valence-corrected chi connectivity index (χ1v) is 7.15. The molecular weight excluding hydrogens is 394 g/mol. The predicted molar refractivity (Wildman–Crippen MR) is 82.0 cm³/mol. The second-order valence-electron chi connectivity index (χ2n) is 4.68. The van der Waals surface area contributed by atoms with Gasteiger partial charge in [0.05, 0.1) is 11.3 Å². The van der Waals surface area contributed by atoms with E-state index in [0.29, 0.717) is 6.61 Å². The number of benzene rings is 1. The summed E-state index contributed by atoms with van der Waals surface area (Å²) in [5.74, 6) is -0.0191. The standard InChI is InChI=1S/C15H13F3INO/c1-10(12-4-7-14(9-21-19)20-8-12)11-2-5-13(6-3-11)15(16,17)18/h2-8,10H,9H2,1H3. The second kappa shape index (κ2) is 6.74. The van der Waals surface area contributed by atoms with Crippen LogP contribution in [0.4, 0.5) is 13.2 Å². The monoisotopic (exact) mass is 407 g/mol. The average molecular weight is 407 g/mol. The van der Waals surface area contributed by atoms with Gasteiger partial charge in [0.1, 0.15) is 29.6 Å². The molecule has 0 saturated heterocycles. The molecule has 112 valence electrons. The highest BCUT2D eigenvalue weighted by atomic mass is 127. The number of hydrogen-bond donors (Lipinski definition) is 0. The number of rotatable bonds is 4. The van der Waals surface area contributed by atoms with Gasteiger partial charge in [-0.15, -0.1) is 0 Å². The molecule has 1 unspecified atom stereocenters. The van der Waals surface area contributed by atoms with Gasteiger partial charge in [-0.2, -0.15) is 13.2 Å². The van der Waals surface area contributed by atoms with E-state index >= 15 is 0 Å². The van der Waals surface area contributed by atoms with Crippen molar-refractivity contribution in [3.05, 3.63) is 65.0 Å².